The number of H-pyrrole nitrogens is 1. The molecule has 0 aliphatic rings. The summed E-state index contributed by atoms with van der Waals surface area (Å²) in [5, 5.41) is 7.08. The molecule has 2 aromatic rings. The van der Waals surface area contributed by atoms with Gasteiger partial charge in [0, 0.05) is 11.9 Å². The maximum absolute atomic E-state index is 12.1. The van der Waals surface area contributed by atoms with Gasteiger partial charge in [0.25, 0.3) is 0 Å². The molecule has 8 heteroatoms. The summed E-state index contributed by atoms with van der Waals surface area (Å²) >= 11 is 7.45. The highest BCUT2D eigenvalue weighted by molar-refractivity contribution is 7.99. The van der Waals surface area contributed by atoms with Crippen molar-refractivity contribution in [2.45, 2.75) is 30.8 Å². The summed E-state index contributed by atoms with van der Waals surface area (Å²) in [6.07, 6.45) is 0. The maximum atomic E-state index is 12.1. The number of carbonyl (C=O) groups excluding carboxylic acids is 1. The van der Waals surface area contributed by atoms with Gasteiger partial charge >= 0.3 is 11.7 Å². The third-order valence-corrected chi connectivity index (χ3v) is 4.19. The molecular weight excluding hydrogens is 338 g/mol. The topological polar surface area (TPSA) is 77.0 Å². The van der Waals surface area contributed by atoms with Crippen molar-refractivity contribution in [1.82, 2.24) is 14.8 Å². The Morgan fingerprint density at radius 2 is 2.13 bits per heavy atom. The van der Waals surface area contributed by atoms with Gasteiger partial charge in [-0.3, -0.25) is 4.57 Å². The maximum Gasteiger partial charge on any atom is 0.343 e. The fourth-order valence-corrected chi connectivity index (χ4v) is 2.77. The molecule has 0 atom stereocenters. The van der Waals surface area contributed by atoms with Crippen molar-refractivity contribution in [3.63, 3.8) is 0 Å². The molecule has 0 saturated carbocycles. The molecule has 6 nitrogen and oxygen atoms in total. The van der Waals surface area contributed by atoms with Crippen molar-refractivity contribution in [3.8, 4) is 0 Å². The summed E-state index contributed by atoms with van der Waals surface area (Å²) in [5.41, 5.74) is -0.0833. The Morgan fingerprint density at radius 1 is 1.43 bits per heavy atom. The SMILES string of the molecule is Cn1c(Sc2ccc(C(=O)OCC(C)(C)C)c(Cl)c2)n[nH]c1=O. The Kier molecular flexibility index (Phi) is 5.21. The van der Waals surface area contributed by atoms with E-state index in [-0.39, 0.29) is 11.1 Å². The van der Waals surface area contributed by atoms with Crippen LogP contribution in [0.2, 0.25) is 5.02 Å². The van der Waals surface area contributed by atoms with E-state index < -0.39 is 5.97 Å². The molecule has 0 aliphatic carbocycles. The minimum absolute atomic E-state index is 0.108. The molecule has 124 valence electrons. The molecule has 0 bridgehead atoms. The molecule has 0 radical (unpaired) electrons. The number of carbonyl (C=O) groups is 1. The molecule has 0 unspecified atom stereocenters. The monoisotopic (exact) mass is 355 g/mol. The molecular formula is C15H18ClN3O3S. The molecule has 23 heavy (non-hydrogen) atoms. The lowest BCUT2D eigenvalue weighted by Crippen LogP contribution is -2.18. The van der Waals surface area contributed by atoms with E-state index in [2.05, 4.69) is 10.2 Å². The molecule has 0 saturated heterocycles. The Bertz CT molecular complexity index is 777. The van der Waals surface area contributed by atoms with Gasteiger partial charge in [-0.1, -0.05) is 32.4 Å². The molecule has 1 aromatic heterocycles. The summed E-state index contributed by atoms with van der Waals surface area (Å²) in [6, 6.07) is 5.00. The number of aromatic amines is 1. The second-order valence-corrected chi connectivity index (χ2v) is 7.70. The fourth-order valence-electron chi connectivity index (χ4n) is 1.61. The van der Waals surface area contributed by atoms with E-state index in [0.29, 0.717) is 22.3 Å². The second-order valence-electron chi connectivity index (χ2n) is 6.25. The van der Waals surface area contributed by atoms with Gasteiger partial charge in [0.15, 0.2) is 5.16 Å². The predicted octanol–water partition coefficient (Wildman–Crippen LogP) is 3.12. The van der Waals surface area contributed by atoms with Crippen LogP contribution < -0.4 is 5.69 Å². The molecule has 0 spiro atoms. The Balaban J connectivity index is 2.13. The van der Waals surface area contributed by atoms with E-state index in [1.807, 2.05) is 20.8 Å². The molecule has 0 amide bonds. The van der Waals surface area contributed by atoms with Crippen LogP contribution >= 0.6 is 23.4 Å². The Labute approximate surface area is 143 Å². The number of rotatable bonds is 4. The summed E-state index contributed by atoms with van der Waals surface area (Å²) in [5.74, 6) is -0.450. The highest BCUT2D eigenvalue weighted by Gasteiger charge is 2.18. The van der Waals surface area contributed by atoms with E-state index in [1.54, 1.807) is 25.2 Å². The molecule has 1 heterocycles. The van der Waals surface area contributed by atoms with Gasteiger partial charge in [-0.05, 0) is 35.4 Å². The molecule has 0 fully saturated rings. The van der Waals surface area contributed by atoms with Gasteiger partial charge < -0.3 is 4.74 Å². The lowest BCUT2D eigenvalue weighted by atomic mass is 9.99. The van der Waals surface area contributed by atoms with Crippen LogP contribution in [-0.2, 0) is 11.8 Å². The normalized spacial score (nSPS) is 11.5. The van der Waals surface area contributed by atoms with E-state index >= 15 is 0 Å². The number of nitrogens with one attached hydrogen (secondary N) is 1. The van der Waals surface area contributed by atoms with Crippen LogP contribution in [0.4, 0.5) is 0 Å². The minimum atomic E-state index is -0.450. The largest absolute Gasteiger partial charge is 0.461 e. The zero-order chi connectivity index (χ0) is 17.2. The van der Waals surface area contributed by atoms with Gasteiger partial charge in [-0.25, -0.2) is 14.7 Å². The third kappa shape index (κ3) is 4.62. The van der Waals surface area contributed by atoms with Crippen LogP contribution in [0, 0.1) is 5.41 Å². The van der Waals surface area contributed by atoms with Crippen LogP contribution in [0.1, 0.15) is 31.1 Å². The lowest BCUT2D eigenvalue weighted by molar-refractivity contribution is 0.0367. The number of halogens is 1. The minimum Gasteiger partial charge on any atom is -0.461 e. The first-order chi connectivity index (χ1) is 10.7. The van der Waals surface area contributed by atoms with Crippen molar-refractivity contribution in [3.05, 3.63) is 39.3 Å². The average Bonchev–Trinajstić information content (AvgIpc) is 2.76. The van der Waals surface area contributed by atoms with Crippen LogP contribution in [0.3, 0.4) is 0 Å². The van der Waals surface area contributed by atoms with Crippen molar-refractivity contribution in [2.75, 3.05) is 6.61 Å². The Morgan fingerprint density at radius 3 is 2.65 bits per heavy atom. The van der Waals surface area contributed by atoms with E-state index in [1.165, 1.54) is 16.3 Å². The van der Waals surface area contributed by atoms with Gasteiger partial charge in [-0.15, -0.1) is 5.10 Å². The van der Waals surface area contributed by atoms with Gasteiger partial charge in [0.05, 0.1) is 17.2 Å². The quantitative estimate of drug-likeness (QED) is 0.852. The number of aromatic nitrogens is 3. The number of esters is 1. The summed E-state index contributed by atoms with van der Waals surface area (Å²) in [4.78, 5) is 24.2. The summed E-state index contributed by atoms with van der Waals surface area (Å²) in [6.45, 7) is 6.26. The van der Waals surface area contributed by atoms with Crippen LogP contribution in [0.15, 0.2) is 33.0 Å². The van der Waals surface area contributed by atoms with E-state index in [0.717, 1.165) is 4.90 Å². The van der Waals surface area contributed by atoms with E-state index in [9.17, 15) is 9.59 Å². The van der Waals surface area contributed by atoms with Crippen LogP contribution in [0.25, 0.3) is 0 Å². The standard InChI is InChI=1S/C15H18ClN3O3S/c1-15(2,3)8-22-12(20)10-6-5-9(7-11(10)16)23-14-18-17-13(21)19(14)4/h5-7H,8H2,1-4H3,(H,17,21). The zero-order valence-corrected chi connectivity index (χ0v) is 14.9. The van der Waals surface area contributed by atoms with Crippen molar-refractivity contribution in [1.29, 1.82) is 0 Å². The van der Waals surface area contributed by atoms with E-state index in [4.69, 9.17) is 16.3 Å². The van der Waals surface area contributed by atoms with Gasteiger partial charge in [-0.2, -0.15) is 0 Å². The van der Waals surface area contributed by atoms with Crippen molar-refractivity contribution >= 4 is 29.3 Å². The average molecular weight is 356 g/mol. The summed E-state index contributed by atoms with van der Waals surface area (Å²) in [7, 11) is 1.62. The number of ether oxygens (including phenoxy) is 1. The first-order valence-corrected chi connectivity index (χ1v) is 8.13. The van der Waals surface area contributed by atoms with Gasteiger partial charge in [0.2, 0.25) is 0 Å². The fraction of sp³-hybridized carbons (Fsp3) is 0.400. The molecule has 2 rings (SSSR count). The lowest BCUT2D eigenvalue weighted by Gasteiger charge is -2.18. The highest BCUT2D eigenvalue weighted by atomic mass is 35.5. The Hall–Kier alpha value is -1.73. The number of benzene rings is 1. The van der Waals surface area contributed by atoms with Crippen LogP contribution in [0.5, 0.6) is 0 Å². The van der Waals surface area contributed by atoms with Crippen LogP contribution in [-0.4, -0.2) is 27.3 Å². The van der Waals surface area contributed by atoms with Crippen molar-refractivity contribution < 1.29 is 9.53 Å². The summed E-state index contributed by atoms with van der Waals surface area (Å²) < 4.78 is 6.65. The van der Waals surface area contributed by atoms with Crippen molar-refractivity contribution in [2.24, 2.45) is 12.5 Å². The first-order valence-electron chi connectivity index (χ1n) is 6.93. The number of hydrogen-bond donors (Lipinski definition) is 1. The smallest absolute Gasteiger partial charge is 0.343 e. The molecule has 1 N–H and O–H groups in total. The molecule has 0 aliphatic heterocycles. The first kappa shape index (κ1) is 17.6. The number of hydrogen-bond acceptors (Lipinski definition) is 5. The second kappa shape index (κ2) is 6.80. The molecule has 1 aromatic carbocycles. The van der Waals surface area contributed by atoms with Gasteiger partial charge in [0.1, 0.15) is 0 Å². The zero-order valence-electron chi connectivity index (χ0n) is 13.3. The number of nitrogens with zero attached hydrogens (tertiary/aromatic N) is 2. The third-order valence-electron chi connectivity index (χ3n) is 2.84. The predicted molar refractivity (Wildman–Crippen MR) is 89.1 cm³/mol. The highest BCUT2D eigenvalue weighted by Crippen LogP contribution is 2.29.